The predicted molar refractivity (Wildman–Crippen MR) is 82.6 cm³/mol. The third-order valence-corrected chi connectivity index (χ3v) is 4.27. The lowest BCUT2D eigenvalue weighted by molar-refractivity contribution is 0.386. The van der Waals surface area contributed by atoms with Crippen molar-refractivity contribution in [1.29, 1.82) is 0 Å². The van der Waals surface area contributed by atoms with Gasteiger partial charge in [0, 0.05) is 4.47 Å². The highest BCUT2D eigenvalue weighted by Gasteiger charge is 2.15. The van der Waals surface area contributed by atoms with E-state index in [1.54, 1.807) is 12.1 Å². The number of halogens is 2. The van der Waals surface area contributed by atoms with Crippen LogP contribution in [0.3, 0.4) is 0 Å². The Morgan fingerprint density at radius 2 is 1.85 bits per heavy atom. The molecule has 2 aromatic rings. The van der Waals surface area contributed by atoms with Crippen LogP contribution in [0.1, 0.15) is 28.3 Å². The molecule has 0 saturated carbocycles. The summed E-state index contributed by atoms with van der Waals surface area (Å²) in [5.74, 6) is -0.170. The fraction of sp³-hybridized carbons (Fsp3) is 0.250. The van der Waals surface area contributed by atoms with Crippen molar-refractivity contribution in [2.45, 2.75) is 19.9 Å². The quantitative estimate of drug-likeness (QED) is 0.907. The van der Waals surface area contributed by atoms with Crippen molar-refractivity contribution in [3.63, 3.8) is 0 Å². The van der Waals surface area contributed by atoms with Crippen LogP contribution in [0.4, 0.5) is 4.39 Å². The zero-order valence-electron chi connectivity index (χ0n) is 11.7. The molecule has 0 aliphatic rings. The molecule has 0 aromatic heterocycles. The van der Waals surface area contributed by atoms with E-state index in [1.807, 2.05) is 26.0 Å². The summed E-state index contributed by atoms with van der Waals surface area (Å²) >= 11 is 3.50. The minimum Gasteiger partial charge on any atom is -0.494 e. The molecule has 0 aliphatic heterocycles. The first-order valence-corrected chi connectivity index (χ1v) is 7.09. The number of rotatable bonds is 3. The summed E-state index contributed by atoms with van der Waals surface area (Å²) in [6, 6.07) is 8.54. The minimum atomic E-state index is -0.396. The van der Waals surface area contributed by atoms with Gasteiger partial charge in [-0.15, -0.1) is 0 Å². The predicted octanol–water partition coefficient (Wildman–Crippen LogP) is 4.26. The van der Waals surface area contributed by atoms with Gasteiger partial charge in [0.15, 0.2) is 11.6 Å². The highest BCUT2D eigenvalue weighted by molar-refractivity contribution is 9.10. The van der Waals surface area contributed by atoms with Crippen molar-refractivity contribution < 1.29 is 9.13 Å². The highest BCUT2D eigenvalue weighted by atomic mass is 79.9. The lowest BCUT2D eigenvalue weighted by atomic mass is 9.94. The van der Waals surface area contributed by atoms with Crippen molar-refractivity contribution in [3.8, 4) is 5.75 Å². The molecule has 4 heteroatoms. The summed E-state index contributed by atoms with van der Waals surface area (Å²) in [4.78, 5) is 0. The van der Waals surface area contributed by atoms with E-state index in [0.29, 0.717) is 0 Å². The number of aryl methyl sites for hydroxylation is 2. The van der Waals surface area contributed by atoms with Crippen LogP contribution in [-0.4, -0.2) is 7.11 Å². The number of hydrogen-bond acceptors (Lipinski definition) is 2. The van der Waals surface area contributed by atoms with E-state index in [1.165, 1.54) is 13.2 Å². The first-order valence-electron chi connectivity index (χ1n) is 6.29. The Morgan fingerprint density at radius 3 is 2.45 bits per heavy atom. The molecule has 20 heavy (non-hydrogen) atoms. The van der Waals surface area contributed by atoms with Crippen LogP contribution in [0.2, 0.25) is 0 Å². The minimum absolute atomic E-state index is 0.227. The Kier molecular flexibility index (Phi) is 4.45. The van der Waals surface area contributed by atoms with E-state index in [9.17, 15) is 4.39 Å². The van der Waals surface area contributed by atoms with Gasteiger partial charge in [-0.1, -0.05) is 28.1 Å². The van der Waals surface area contributed by atoms with Crippen LogP contribution in [0.5, 0.6) is 5.75 Å². The fourth-order valence-corrected chi connectivity index (χ4v) is 2.65. The van der Waals surface area contributed by atoms with Crippen molar-refractivity contribution in [2.75, 3.05) is 7.11 Å². The monoisotopic (exact) mass is 337 g/mol. The van der Waals surface area contributed by atoms with Gasteiger partial charge < -0.3 is 10.5 Å². The molecule has 2 aromatic carbocycles. The maximum Gasteiger partial charge on any atom is 0.165 e. The Bertz CT molecular complexity index is 643. The first kappa shape index (κ1) is 15.0. The van der Waals surface area contributed by atoms with Crippen LogP contribution in [-0.2, 0) is 0 Å². The van der Waals surface area contributed by atoms with Crippen molar-refractivity contribution in [1.82, 2.24) is 0 Å². The van der Waals surface area contributed by atoms with Gasteiger partial charge in [-0.3, -0.25) is 0 Å². The van der Waals surface area contributed by atoms with Crippen LogP contribution in [0, 0.1) is 19.7 Å². The molecular formula is C16H17BrFNO. The summed E-state index contributed by atoms with van der Waals surface area (Å²) in [5.41, 5.74) is 10.2. The van der Waals surface area contributed by atoms with Crippen molar-refractivity contribution in [3.05, 3.63) is 62.9 Å². The molecule has 106 valence electrons. The standard InChI is InChI=1S/C16H17BrFNO/c1-9-7-13(17)10(2)6-12(9)16(19)11-4-5-15(20-3)14(18)8-11/h4-8,16H,19H2,1-3H3. The average molecular weight is 338 g/mol. The number of ether oxygens (including phenoxy) is 1. The van der Waals surface area contributed by atoms with Crippen LogP contribution >= 0.6 is 15.9 Å². The second-order valence-electron chi connectivity index (χ2n) is 4.83. The fourth-order valence-electron chi connectivity index (χ4n) is 2.19. The summed E-state index contributed by atoms with van der Waals surface area (Å²) < 4.78 is 19.8. The number of nitrogens with two attached hydrogens (primary N) is 1. The summed E-state index contributed by atoms with van der Waals surface area (Å²) in [6.07, 6.45) is 0. The molecule has 0 spiro atoms. The maximum absolute atomic E-state index is 13.8. The van der Waals surface area contributed by atoms with Gasteiger partial charge in [-0.05, 0) is 54.3 Å². The van der Waals surface area contributed by atoms with E-state index >= 15 is 0 Å². The molecule has 0 bridgehead atoms. The lowest BCUT2D eigenvalue weighted by Crippen LogP contribution is -2.14. The molecular weight excluding hydrogens is 321 g/mol. The van der Waals surface area contributed by atoms with Gasteiger partial charge in [0.2, 0.25) is 0 Å². The second kappa shape index (κ2) is 5.94. The van der Waals surface area contributed by atoms with E-state index in [-0.39, 0.29) is 11.8 Å². The van der Waals surface area contributed by atoms with Crippen LogP contribution in [0.25, 0.3) is 0 Å². The highest BCUT2D eigenvalue weighted by Crippen LogP contribution is 2.29. The van der Waals surface area contributed by atoms with Crippen LogP contribution < -0.4 is 10.5 Å². The average Bonchev–Trinajstić information content (AvgIpc) is 2.42. The first-order chi connectivity index (χ1) is 9.43. The molecule has 0 heterocycles. The van der Waals surface area contributed by atoms with Gasteiger partial charge in [-0.2, -0.15) is 0 Å². The van der Waals surface area contributed by atoms with Gasteiger partial charge in [0.25, 0.3) is 0 Å². The van der Waals surface area contributed by atoms with E-state index in [4.69, 9.17) is 10.5 Å². The van der Waals surface area contributed by atoms with Gasteiger partial charge in [0.1, 0.15) is 0 Å². The third-order valence-electron chi connectivity index (χ3n) is 3.42. The lowest BCUT2D eigenvalue weighted by Gasteiger charge is -2.17. The third kappa shape index (κ3) is 2.86. The maximum atomic E-state index is 13.8. The normalized spacial score (nSPS) is 12.3. The zero-order valence-corrected chi connectivity index (χ0v) is 13.3. The Morgan fingerprint density at radius 1 is 1.15 bits per heavy atom. The molecule has 2 nitrogen and oxygen atoms in total. The van der Waals surface area contributed by atoms with Crippen LogP contribution in [0.15, 0.2) is 34.8 Å². The Hall–Kier alpha value is -1.39. The summed E-state index contributed by atoms with van der Waals surface area (Å²) in [6.45, 7) is 4.01. The summed E-state index contributed by atoms with van der Waals surface area (Å²) in [5, 5.41) is 0. The van der Waals surface area contributed by atoms with E-state index < -0.39 is 5.82 Å². The van der Waals surface area contributed by atoms with Gasteiger partial charge >= 0.3 is 0 Å². The SMILES string of the molecule is COc1ccc(C(N)c2cc(C)c(Br)cc2C)cc1F. The molecule has 1 unspecified atom stereocenters. The van der Waals surface area contributed by atoms with Gasteiger partial charge in [0.05, 0.1) is 13.2 Å². The second-order valence-corrected chi connectivity index (χ2v) is 5.68. The van der Waals surface area contributed by atoms with E-state index in [0.717, 1.165) is 26.7 Å². The molecule has 2 N–H and O–H groups in total. The number of benzene rings is 2. The topological polar surface area (TPSA) is 35.2 Å². The summed E-state index contributed by atoms with van der Waals surface area (Å²) in [7, 11) is 1.44. The molecule has 0 radical (unpaired) electrons. The largest absolute Gasteiger partial charge is 0.494 e. The van der Waals surface area contributed by atoms with Crippen molar-refractivity contribution in [2.24, 2.45) is 5.73 Å². The molecule has 0 saturated heterocycles. The molecule has 1 atom stereocenters. The molecule has 0 amide bonds. The Balaban J connectivity index is 2.43. The zero-order chi connectivity index (χ0) is 14.9. The van der Waals surface area contributed by atoms with E-state index in [2.05, 4.69) is 15.9 Å². The van der Waals surface area contributed by atoms with Crippen molar-refractivity contribution >= 4 is 15.9 Å². The van der Waals surface area contributed by atoms with Gasteiger partial charge in [-0.25, -0.2) is 4.39 Å². The number of hydrogen-bond donors (Lipinski definition) is 1. The molecule has 2 rings (SSSR count). The smallest absolute Gasteiger partial charge is 0.165 e. The number of methoxy groups -OCH3 is 1. The molecule has 0 fully saturated rings. The Labute approximate surface area is 126 Å². The molecule has 0 aliphatic carbocycles.